The summed E-state index contributed by atoms with van der Waals surface area (Å²) < 4.78 is 35.7. The summed E-state index contributed by atoms with van der Waals surface area (Å²) in [6.07, 6.45) is -7.28. The van der Waals surface area contributed by atoms with E-state index in [0.29, 0.717) is 5.69 Å². The smallest absolute Gasteiger partial charge is 0.382 e. The molecule has 90 valence electrons. The molecular weight excluding hydrogens is 245 g/mol. The average molecular weight is 254 g/mol. The summed E-state index contributed by atoms with van der Waals surface area (Å²) in [7, 11) is 0. The first-order chi connectivity index (χ1) is 7.32. The molecule has 1 atom stereocenters. The quantitative estimate of drug-likeness (QED) is 0.849. The summed E-state index contributed by atoms with van der Waals surface area (Å²) in [5.41, 5.74) is 1.87. The van der Waals surface area contributed by atoms with Gasteiger partial charge in [0.2, 0.25) is 0 Å². The number of nitrogens with one attached hydrogen (secondary N) is 1. The van der Waals surface area contributed by atoms with E-state index in [1.54, 1.807) is 6.92 Å². The lowest BCUT2D eigenvalue weighted by atomic mass is 10.3. The van der Waals surface area contributed by atoms with Crippen LogP contribution in [0.5, 0.6) is 0 Å². The van der Waals surface area contributed by atoms with Gasteiger partial charge < -0.3 is 10.4 Å². The van der Waals surface area contributed by atoms with Crippen LogP contribution in [0.25, 0.3) is 0 Å². The largest absolute Gasteiger partial charge is 0.416 e. The van der Waals surface area contributed by atoms with Crippen LogP contribution in [0.3, 0.4) is 0 Å². The van der Waals surface area contributed by atoms with E-state index in [1.807, 2.05) is 5.32 Å². The van der Waals surface area contributed by atoms with Gasteiger partial charge in [-0.2, -0.15) is 13.2 Å². The summed E-state index contributed by atoms with van der Waals surface area (Å²) in [5, 5.41) is 10.6. The first kappa shape index (κ1) is 12.9. The van der Waals surface area contributed by atoms with Crippen molar-refractivity contribution < 1.29 is 23.1 Å². The third kappa shape index (κ3) is 3.17. The number of aliphatic hydroxyl groups excluding tert-OH is 1. The summed E-state index contributed by atoms with van der Waals surface area (Å²) in [6, 6.07) is 0. The van der Waals surface area contributed by atoms with Gasteiger partial charge in [0.25, 0.3) is 5.91 Å². The van der Waals surface area contributed by atoms with Crippen LogP contribution in [-0.4, -0.2) is 34.8 Å². The molecule has 0 aliphatic carbocycles. The predicted molar refractivity (Wildman–Crippen MR) is 51.2 cm³/mol. The number of hydrogen-bond donors (Lipinski definition) is 2. The second-order valence-corrected chi connectivity index (χ2v) is 3.89. The molecule has 1 rings (SSSR count). The molecule has 0 aliphatic rings. The van der Waals surface area contributed by atoms with Crippen molar-refractivity contribution in [3.05, 3.63) is 16.1 Å². The molecule has 8 heteroatoms. The molecule has 0 saturated heterocycles. The standard InChI is InChI=1S/C8H9F3N2O2S/c1-4-6(16-3-13-4)7(15)12-2-5(14)8(9,10)11/h3,5,14H,2H2,1H3,(H,12,15). The maximum atomic E-state index is 11.9. The SMILES string of the molecule is Cc1ncsc1C(=O)NCC(O)C(F)(F)F. The lowest BCUT2D eigenvalue weighted by Gasteiger charge is -2.14. The molecule has 0 spiro atoms. The third-order valence-corrected chi connectivity index (χ3v) is 2.71. The van der Waals surface area contributed by atoms with E-state index >= 15 is 0 Å². The molecule has 0 saturated carbocycles. The summed E-state index contributed by atoms with van der Waals surface area (Å²) in [6.45, 7) is 0.714. The molecule has 0 aliphatic heterocycles. The summed E-state index contributed by atoms with van der Waals surface area (Å²) in [4.78, 5) is 15.4. The minimum Gasteiger partial charge on any atom is -0.382 e. The van der Waals surface area contributed by atoms with Crippen LogP contribution in [0.2, 0.25) is 0 Å². The number of aliphatic hydroxyl groups is 1. The van der Waals surface area contributed by atoms with Gasteiger partial charge in [0.1, 0.15) is 4.88 Å². The Kier molecular flexibility index (Phi) is 3.87. The van der Waals surface area contributed by atoms with Crippen molar-refractivity contribution in [3.8, 4) is 0 Å². The number of amides is 1. The molecule has 0 aromatic carbocycles. The fourth-order valence-electron chi connectivity index (χ4n) is 0.905. The first-order valence-electron chi connectivity index (χ1n) is 4.25. The van der Waals surface area contributed by atoms with E-state index < -0.39 is 24.7 Å². The number of aryl methyl sites for hydroxylation is 1. The number of rotatable bonds is 3. The predicted octanol–water partition coefficient (Wildman–Crippen LogP) is 1.10. The minimum absolute atomic E-state index is 0.245. The molecule has 0 radical (unpaired) electrons. The minimum atomic E-state index is -4.73. The molecule has 1 aromatic heterocycles. The van der Waals surface area contributed by atoms with Crippen LogP contribution in [0.15, 0.2) is 5.51 Å². The highest BCUT2D eigenvalue weighted by Gasteiger charge is 2.38. The van der Waals surface area contributed by atoms with Crippen molar-refractivity contribution in [1.82, 2.24) is 10.3 Å². The first-order valence-corrected chi connectivity index (χ1v) is 5.13. The van der Waals surface area contributed by atoms with Gasteiger partial charge >= 0.3 is 6.18 Å². The van der Waals surface area contributed by atoms with Crippen LogP contribution in [0, 0.1) is 6.92 Å². The van der Waals surface area contributed by atoms with Crippen molar-refractivity contribution in [2.75, 3.05) is 6.54 Å². The van der Waals surface area contributed by atoms with Gasteiger partial charge in [-0.25, -0.2) is 4.98 Å². The number of halogens is 3. The maximum Gasteiger partial charge on any atom is 0.416 e. The van der Waals surface area contributed by atoms with Crippen molar-refractivity contribution in [1.29, 1.82) is 0 Å². The number of carbonyl (C=O) groups excluding carboxylic acids is 1. The zero-order valence-corrected chi connectivity index (χ0v) is 9.02. The number of aromatic nitrogens is 1. The van der Waals surface area contributed by atoms with Gasteiger partial charge in [0, 0.05) is 0 Å². The molecular formula is C8H9F3N2O2S. The van der Waals surface area contributed by atoms with Crippen molar-refractivity contribution in [3.63, 3.8) is 0 Å². The molecule has 1 heterocycles. The second kappa shape index (κ2) is 4.79. The molecule has 1 unspecified atom stereocenters. The number of alkyl halides is 3. The molecule has 0 bridgehead atoms. The number of thiazole rings is 1. The Balaban J connectivity index is 2.52. The highest BCUT2D eigenvalue weighted by atomic mass is 32.1. The normalized spacial score (nSPS) is 13.6. The Hall–Kier alpha value is -1.15. The molecule has 1 aromatic rings. The topological polar surface area (TPSA) is 62.2 Å². The van der Waals surface area contributed by atoms with Gasteiger partial charge in [-0.05, 0) is 6.92 Å². The van der Waals surface area contributed by atoms with Gasteiger partial charge in [-0.3, -0.25) is 4.79 Å². The summed E-state index contributed by atoms with van der Waals surface area (Å²) >= 11 is 1.03. The van der Waals surface area contributed by atoms with Gasteiger partial charge in [-0.15, -0.1) is 11.3 Å². The molecule has 16 heavy (non-hydrogen) atoms. The zero-order chi connectivity index (χ0) is 12.3. The van der Waals surface area contributed by atoms with E-state index in [-0.39, 0.29) is 4.88 Å². The van der Waals surface area contributed by atoms with Crippen molar-refractivity contribution in [2.24, 2.45) is 0 Å². The summed E-state index contributed by atoms with van der Waals surface area (Å²) in [5.74, 6) is -0.664. The number of hydrogen-bond acceptors (Lipinski definition) is 4. The van der Waals surface area contributed by atoms with Gasteiger partial charge in [-0.1, -0.05) is 0 Å². The Morgan fingerprint density at radius 2 is 2.31 bits per heavy atom. The second-order valence-electron chi connectivity index (χ2n) is 3.03. The monoisotopic (exact) mass is 254 g/mol. The maximum absolute atomic E-state index is 11.9. The Bertz CT molecular complexity index is 378. The Morgan fingerprint density at radius 1 is 1.69 bits per heavy atom. The van der Waals surface area contributed by atoms with Crippen LogP contribution in [-0.2, 0) is 0 Å². The molecule has 1 amide bonds. The zero-order valence-electron chi connectivity index (χ0n) is 8.21. The van der Waals surface area contributed by atoms with Crippen molar-refractivity contribution >= 4 is 17.2 Å². The fourth-order valence-corrected chi connectivity index (χ4v) is 1.62. The number of nitrogens with zero attached hydrogens (tertiary/aromatic N) is 1. The molecule has 2 N–H and O–H groups in total. The highest BCUT2D eigenvalue weighted by Crippen LogP contribution is 2.19. The fraction of sp³-hybridized carbons (Fsp3) is 0.500. The lowest BCUT2D eigenvalue weighted by Crippen LogP contribution is -2.40. The van der Waals surface area contributed by atoms with E-state index in [0.717, 1.165) is 11.3 Å². The van der Waals surface area contributed by atoms with Crippen LogP contribution >= 0.6 is 11.3 Å². The van der Waals surface area contributed by atoms with Gasteiger partial charge in [0.05, 0.1) is 17.7 Å². The van der Waals surface area contributed by atoms with E-state index in [2.05, 4.69) is 4.98 Å². The molecule has 4 nitrogen and oxygen atoms in total. The van der Waals surface area contributed by atoms with E-state index in [9.17, 15) is 18.0 Å². The van der Waals surface area contributed by atoms with Crippen LogP contribution in [0.1, 0.15) is 15.4 Å². The number of carbonyl (C=O) groups is 1. The Labute approximate surface area is 93.1 Å². The average Bonchev–Trinajstić information content (AvgIpc) is 2.58. The van der Waals surface area contributed by atoms with Crippen LogP contribution in [0.4, 0.5) is 13.2 Å². The van der Waals surface area contributed by atoms with E-state index in [4.69, 9.17) is 5.11 Å². The highest BCUT2D eigenvalue weighted by molar-refractivity contribution is 7.11. The van der Waals surface area contributed by atoms with Crippen LogP contribution < -0.4 is 5.32 Å². The molecule has 0 fully saturated rings. The Morgan fingerprint density at radius 3 is 2.75 bits per heavy atom. The lowest BCUT2D eigenvalue weighted by molar-refractivity contribution is -0.201. The third-order valence-electron chi connectivity index (χ3n) is 1.79. The van der Waals surface area contributed by atoms with Gasteiger partial charge in [0.15, 0.2) is 6.10 Å². The van der Waals surface area contributed by atoms with Crippen molar-refractivity contribution in [2.45, 2.75) is 19.2 Å². The van der Waals surface area contributed by atoms with E-state index in [1.165, 1.54) is 5.51 Å².